The molecule has 3 N–H and O–H groups in total. The van der Waals surface area contributed by atoms with Crippen molar-refractivity contribution in [2.24, 2.45) is 11.8 Å². The Morgan fingerprint density at radius 3 is 0.782 bits per heavy atom. The highest BCUT2D eigenvalue weighted by atomic mass is 31.2. The van der Waals surface area contributed by atoms with Crippen LogP contribution in [-0.4, -0.2) is 96.7 Å². The van der Waals surface area contributed by atoms with E-state index in [1.54, 1.807) is 0 Å². The Hall–Kier alpha value is -1.94. The number of phosphoric acid groups is 2. The van der Waals surface area contributed by atoms with Crippen molar-refractivity contribution in [3.63, 3.8) is 0 Å². The molecule has 87 heavy (non-hydrogen) atoms. The van der Waals surface area contributed by atoms with Gasteiger partial charge in [-0.25, -0.2) is 9.13 Å². The Morgan fingerprint density at radius 2 is 0.529 bits per heavy atom. The van der Waals surface area contributed by atoms with Crippen LogP contribution in [0.5, 0.6) is 0 Å². The van der Waals surface area contributed by atoms with E-state index in [0.717, 1.165) is 102 Å². The molecule has 0 aliphatic carbocycles. The molecule has 0 radical (unpaired) electrons. The van der Waals surface area contributed by atoms with Crippen molar-refractivity contribution in [1.82, 2.24) is 0 Å². The fraction of sp³-hybridized carbons (Fsp3) is 0.941. The van der Waals surface area contributed by atoms with Crippen molar-refractivity contribution in [3.8, 4) is 0 Å². The number of unbranched alkanes of at least 4 members (excludes halogenated alkanes) is 37. The number of phosphoric ester groups is 2. The lowest BCUT2D eigenvalue weighted by Gasteiger charge is -2.21. The number of hydrogen-bond donors (Lipinski definition) is 3. The quantitative estimate of drug-likeness (QED) is 0.0222. The molecule has 0 fully saturated rings. The van der Waals surface area contributed by atoms with Crippen LogP contribution in [0.3, 0.4) is 0 Å². The topological polar surface area (TPSA) is 237 Å². The van der Waals surface area contributed by atoms with Gasteiger partial charge in [-0.1, -0.05) is 292 Å². The Balaban J connectivity index is 5.24. The number of carbonyl (C=O) groups excluding carboxylic acids is 4. The predicted molar refractivity (Wildman–Crippen MR) is 349 cm³/mol. The molecule has 0 rings (SSSR count). The van der Waals surface area contributed by atoms with Crippen LogP contribution >= 0.6 is 15.6 Å². The first-order chi connectivity index (χ1) is 41.9. The fourth-order valence-corrected chi connectivity index (χ4v) is 11.8. The number of aliphatic hydroxyl groups is 1. The third kappa shape index (κ3) is 62.6. The average molecular weight is 1280 g/mol. The maximum Gasteiger partial charge on any atom is 0.472 e. The third-order valence-corrected chi connectivity index (χ3v) is 17.6. The molecule has 0 aromatic carbocycles. The van der Waals surface area contributed by atoms with Crippen molar-refractivity contribution in [3.05, 3.63) is 0 Å². The van der Waals surface area contributed by atoms with E-state index in [4.69, 9.17) is 37.0 Å². The van der Waals surface area contributed by atoms with E-state index in [0.29, 0.717) is 31.6 Å². The van der Waals surface area contributed by atoms with Crippen molar-refractivity contribution in [2.45, 2.75) is 362 Å². The zero-order valence-corrected chi connectivity index (χ0v) is 58.1. The second kappa shape index (κ2) is 60.3. The summed E-state index contributed by atoms with van der Waals surface area (Å²) in [6.45, 7) is 9.45. The van der Waals surface area contributed by atoms with Gasteiger partial charge in [0.2, 0.25) is 0 Å². The van der Waals surface area contributed by atoms with Crippen LogP contribution in [0.25, 0.3) is 0 Å². The van der Waals surface area contributed by atoms with Crippen LogP contribution in [0, 0.1) is 11.8 Å². The monoisotopic (exact) mass is 1280 g/mol. The minimum atomic E-state index is -4.95. The lowest BCUT2D eigenvalue weighted by Crippen LogP contribution is -2.30. The van der Waals surface area contributed by atoms with E-state index in [1.165, 1.54) is 154 Å². The van der Waals surface area contributed by atoms with Crippen LogP contribution in [0.15, 0.2) is 0 Å². The molecule has 0 spiro atoms. The third-order valence-electron chi connectivity index (χ3n) is 15.7. The van der Waals surface area contributed by atoms with Gasteiger partial charge in [0.15, 0.2) is 12.2 Å². The van der Waals surface area contributed by atoms with E-state index in [1.807, 2.05) is 0 Å². The van der Waals surface area contributed by atoms with Gasteiger partial charge in [0, 0.05) is 25.7 Å². The Bertz CT molecular complexity index is 1700. The molecule has 0 aromatic heterocycles. The predicted octanol–water partition coefficient (Wildman–Crippen LogP) is 19.2. The molecule has 0 aliphatic heterocycles. The van der Waals surface area contributed by atoms with Gasteiger partial charge in [0.1, 0.15) is 19.3 Å². The molecule has 0 aliphatic rings. The molecule has 0 amide bonds. The molecule has 0 aromatic rings. The highest BCUT2D eigenvalue weighted by Crippen LogP contribution is 2.45. The molecule has 2 unspecified atom stereocenters. The highest BCUT2D eigenvalue weighted by Gasteiger charge is 2.30. The smallest absolute Gasteiger partial charge is 0.462 e. The summed E-state index contributed by atoms with van der Waals surface area (Å²) in [5.41, 5.74) is 0. The standard InChI is InChI=1S/C68H132O17P2/c1-7-9-11-13-15-17-19-23-27-31-38-44-50-65(70)78-56-63(84-68(73)53-47-41-33-29-25-21-22-26-30-36-42-48-60(3)4)58-82-86(74,75)80-54-62(69)55-81-87(76,77)83-59-64(57-79-66(71)51-45-39-35-34-37-43-49-61(5)6)85-67(72)52-46-40-32-28-24-20-18-16-14-12-10-8-2/h60-64,69H,7-59H2,1-6H3,(H,74,75)(H,76,77)/t62-,63-,64-/m1/s1. The number of esters is 4. The largest absolute Gasteiger partial charge is 0.472 e. The number of ether oxygens (including phenoxy) is 4. The molecule has 0 saturated carbocycles. The van der Waals surface area contributed by atoms with Gasteiger partial charge in [0.05, 0.1) is 26.4 Å². The number of hydrogen-bond acceptors (Lipinski definition) is 15. The summed E-state index contributed by atoms with van der Waals surface area (Å²) in [6.07, 6.45) is 44.4. The first-order valence-electron chi connectivity index (χ1n) is 35.5. The molecule has 0 heterocycles. The van der Waals surface area contributed by atoms with Gasteiger partial charge in [-0.15, -0.1) is 0 Å². The fourth-order valence-electron chi connectivity index (χ4n) is 10.2. The van der Waals surface area contributed by atoms with Gasteiger partial charge < -0.3 is 33.8 Å². The summed E-state index contributed by atoms with van der Waals surface area (Å²) >= 11 is 0. The lowest BCUT2D eigenvalue weighted by atomic mass is 10.0. The summed E-state index contributed by atoms with van der Waals surface area (Å²) in [5, 5.41) is 10.6. The first kappa shape index (κ1) is 85.1. The van der Waals surface area contributed by atoms with E-state index in [2.05, 4.69) is 41.5 Å². The van der Waals surface area contributed by atoms with Crippen molar-refractivity contribution in [1.29, 1.82) is 0 Å². The Morgan fingerprint density at radius 1 is 0.310 bits per heavy atom. The van der Waals surface area contributed by atoms with E-state index in [-0.39, 0.29) is 25.7 Å². The van der Waals surface area contributed by atoms with Gasteiger partial charge >= 0.3 is 39.5 Å². The maximum absolute atomic E-state index is 13.0. The number of carbonyl (C=O) groups is 4. The molecule has 19 heteroatoms. The van der Waals surface area contributed by atoms with Crippen molar-refractivity contribution < 1.29 is 80.2 Å². The zero-order chi connectivity index (χ0) is 64.3. The van der Waals surface area contributed by atoms with Crippen LogP contribution in [0.1, 0.15) is 343 Å². The number of rotatable bonds is 67. The number of aliphatic hydroxyl groups excluding tert-OH is 1. The molecular weight excluding hydrogens is 1150 g/mol. The second-order valence-electron chi connectivity index (χ2n) is 25.5. The molecule has 5 atom stereocenters. The van der Waals surface area contributed by atoms with Crippen molar-refractivity contribution in [2.75, 3.05) is 39.6 Å². The summed E-state index contributed by atoms with van der Waals surface area (Å²) in [6, 6.07) is 0. The SMILES string of the molecule is CCCCCCCCCCCCCCC(=O)OC[C@H](COP(=O)(O)OC[C@@H](O)COP(=O)(O)OC[C@@H](COC(=O)CCCCCCCCC(C)C)OC(=O)CCCCCCCCCCCCCC)OC(=O)CCCCCCCCCCCCCC(C)C. The summed E-state index contributed by atoms with van der Waals surface area (Å²) in [5.74, 6) is -0.682. The van der Waals surface area contributed by atoms with E-state index in [9.17, 15) is 43.2 Å². The molecule has 516 valence electrons. The Labute approximate surface area is 530 Å². The summed E-state index contributed by atoms with van der Waals surface area (Å²) in [4.78, 5) is 72.4. The Kier molecular flexibility index (Phi) is 59.0. The normalized spacial score (nSPS) is 14.2. The molecule has 0 bridgehead atoms. The van der Waals surface area contributed by atoms with Gasteiger partial charge in [-0.2, -0.15) is 0 Å². The average Bonchev–Trinajstić information content (AvgIpc) is 3.65. The molecule has 17 nitrogen and oxygen atoms in total. The van der Waals surface area contributed by atoms with E-state index >= 15 is 0 Å². The minimum absolute atomic E-state index is 0.106. The van der Waals surface area contributed by atoms with Gasteiger partial charge in [-0.3, -0.25) is 37.3 Å². The van der Waals surface area contributed by atoms with Gasteiger partial charge in [0.25, 0.3) is 0 Å². The molecule has 0 saturated heterocycles. The first-order valence-corrected chi connectivity index (χ1v) is 38.5. The lowest BCUT2D eigenvalue weighted by molar-refractivity contribution is -0.161. The highest BCUT2D eigenvalue weighted by molar-refractivity contribution is 7.47. The summed E-state index contributed by atoms with van der Waals surface area (Å²) < 4.78 is 68.2. The second-order valence-corrected chi connectivity index (χ2v) is 28.4. The van der Waals surface area contributed by atoms with Crippen LogP contribution in [0.2, 0.25) is 0 Å². The van der Waals surface area contributed by atoms with Crippen LogP contribution < -0.4 is 0 Å². The maximum atomic E-state index is 13.0. The van der Waals surface area contributed by atoms with Gasteiger partial charge in [-0.05, 0) is 37.5 Å². The zero-order valence-electron chi connectivity index (χ0n) is 56.3. The van der Waals surface area contributed by atoms with Crippen LogP contribution in [-0.2, 0) is 65.4 Å². The summed E-state index contributed by atoms with van der Waals surface area (Å²) in [7, 11) is -9.89. The van der Waals surface area contributed by atoms with E-state index < -0.39 is 97.5 Å². The van der Waals surface area contributed by atoms with Crippen LogP contribution in [0.4, 0.5) is 0 Å². The molecular formula is C68H132O17P2. The van der Waals surface area contributed by atoms with Crippen molar-refractivity contribution >= 4 is 39.5 Å². The minimum Gasteiger partial charge on any atom is -0.462 e.